The fraction of sp³-hybridized carbons (Fsp3) is 0.100. The summed E-state index contributed by atoms with van der Waals surface area (Å²) in [4.78, 5) is 39.6. The average Bonchev–Trinajstić information content (AvgIpc) is 2.75. The number of para-hydroxylation sites is 1. The lowest BCUT2D eigenvalue weighted by Gasteiger charge is -2.09. The number of carbonyl (C=O) groups excluding carboxylic acids is 3. The van der Waals surface area contributed by atoms with E-state index in [1.807, 2.05) is 12.1 Å². The van der Waals surface area contributed by atoms with Crippen LogP contribution in [0.4, 0.5) is 0 Å². The highest BCUT2D eigenvalue weighted by Crippen LogP contribution is 2.15. The number of hydrogen-bond acceptors (Lipinski definition) is 6. The molecule has 0 fully saturated rings. The number of carbonyl (C=O) groups is 3. The molecule has 148 valence electrons. The van der Waals surface area contributed by atoms with Crippen LogP contribution in [-0.2, 0) is 14.3 Å². The quantitative estimate of drug-likeness (QED) is 0.474. The minimum absolute atomic E-state index is 0.0805. The summed E-state index contributed by atoms with van der Waals surface area (Å²) in [5, 5.41) is 1.42. The van der Waals surface area contributed by atoms with E-state index in [0.29, 0.717) is 16.3 Å². The molecule has 0 aliphatic carbocycles. The Morgan fingerprint density at radius 3 is 2.31 bits per heavy atom. The van der Waals surface area contributed by atoms with Crippen molar-refractivity contribution in [1.29, 1.82) is 0 Å². The number of fused-ring (bicyclic) bond motifs is 1. The smallest absolute Gasteiger partial charge is 0.357 e. The van der Waals surface area contributed by atoms with Gasteiger partial charge in [-0.05, 0) is 36.4 Å². The summed E-state index contributed by atoms with van der Waals surface area (Å²) in [6.45, 7) is -0.894. The van der Waals surface area contributed by atoms with Gasteiger partial charge < -0.3 is 9.47 Å². The molecular weight excluding hydrogens is 398 g/mol. The van der Waals surface area contributed by atoms with E-state index in [4.69, 9.17) is 21.1 Å². The molecule has 1 heterocycles. The first kappa shape index (κ1) is 20.1. The predicted molar refractivity (Wildman–Crippen MR) is 105 cm³/mol. The van der Waals surface area contributed by atoms with Gasteiger partial charge in [0.15, 0.2) is 13.2 Å². The minimum atomic E-state index is -0.747. The number of esters is 1. The fourth-order valence-corrected chi connectivity index (χ4v) is 2.40. The van der Waals surface area contributed by atoms with Gasteiger partial charge in [0, 0.05) is 10.4 Å². The SMILES string of the molecule is O=C(COC(=O)c1ccc2ccccc2n1)NNC(=O)COc1ccc(Cl)cc1. The predicted octanol–water partition coefficient (Wildman–Crippen LogP) is 2.27. The van der Waals surface area contributed by atoms with E-state index >= 15 is 0 Å². The number of hydrogen-bond donors (Lipinski definition) is 2. The Balaban J connectivity index is 1.40. The minimum Gasteiger partial charge on any atom is -0.484 e. The summed E-state index contributed by atoms with van der Waals surface area (Å²) in [5.74, 6) is -1.59. The number of pyridine rings is 1. The van der Waals surface area contributed by atoms with Crippen LogP contribution in [0.25, 0.3) is 10.9 Å². The van der Waals surface area contributed by atoms with E-state index in [1.54, 1.807) is 42.5 Å². The molecule has 0 saturated carbocycles. The highest BCUT2D eigenvalue weighted by atomic mass is 35.5. The molecule has 2 aromatic carbocycles. The van der Waals surface area contributed by atoms with E-state index < -0.39 is 24.4 Å². The largest absolute Gasteiger partial charge is 0.484 e. The Morgan fingerprint density at radius 2 is 1.55 bits per heavy atom. The second-order valence-electron chi connectivity index (χ2n) is 5.80. The topological polar surface area (TPSA) is 107 Å². The number of nitrogens with one attached hydrogen (secondary N) is 2. The van der Waals surface area contributed by atoms with Gasteiger partial charge in [-0.25, -0.2) is 9.78 Å². The third-order valence-corrected chi connectivity index (χ3v) is 3.92. The Kier molecular flexibility index (Phi) is 6.59. The molecule has 8 nitrogen and oxygen atoms in total. The molecule has 9 heteroatoms. The Hall–Kier alpha value is -3.65. The molecule has 0 aliphatic rings. The first-order valence-corrected chi connectivity index (χ1v) is 8.88. The lowest BCUT2D eigenvalue weighted by atomic mass is 10.2. The third-order valence-electron chi connectivity index (χ3n) is 3.67. The van der Waals surface area contributed by atoms with Gasteiger partial charge >= 0.3 is 5.97 Å². The van der Waals surface area contributed by atoms with Crippen molar-refractivity contribution in [3.05, 3.63) is 71.4 Å². The highest BCUT2D eigenvalue weighted by Gasteiger charge is 2.13. The molecule has 2 N–H and O–H groups in total. The summed E-state index contributed by atoms with van der Waals surface area (Å²) >= 11 is 5.75. The summed E-state index contributed by atoms with van der Waals surface area (Å²) in [5.41, 5.74) is 5.00. The maximum atomic E-state index is 12.0. The summed E-state index contributed by atoms with van der Waals surface area (Å²) in [6.07, 6.45) is 0. The van der Waals surface area contributed by atoms with Crippen LogP contribution in [0.5, 0.6) is 5.75 Å². The second kappa shape index (κ2) is 9.52. The summed E-state index contributed by atoms with van der Waals surface area (Å²) in [6, 6.07) is 17.0. The van der Waals surface area contributed by atoms with Crippen molar-refractivity contribution in [2.45, 2.75) is 0 Å². The maximum absolute atomic E-state index is 12.0. The zero-order valence-corrected chi connectivity index (χ0v) is 15.8. The number of benzene rings is 2. The van der Waals surface area contributed by atoms with Crippen molar-refractivity contribution >= 4 is 40.3 Å². The van der Waals surface area contributed by atoms with E-state index in [1.165, 1.54) is 6.07 Å². The molecule has 0 saturated heterocycles. The number of hydrazine groups is 1. The summed E-state index contributed by atoms with van der Waals surface area (Å²) < 4.78 is 10.1. The van der Waals surface area contributed by atoms with Crippen LogP contribution in [0.3, 0.4) is 0 Å². The molecule has 29 heavy (non-hydrogen) atoms. The van der Waals surface area contributed by atoms with Gasteiger partial charge in [-0.2, -0.15) is 0 Å². The third kappa shape index (κ3) is 5.91. The maximum Gasteiger partial charge on any atom is 0.357 e. The normalized spacial score (nSPS) is 10.2. The zero-order valence-electron chi connectivity index (χ0n) is 15.1. The van der Waals surface area contributed by atoms with Crippen LogP contribution in [0, 0.1) is 0 Å². The van der Waals surface area contributed by atoms with E-state index in [9.17, 15) is 14.4 Å². The van der Waals surface area contributed by atoms with Gasteiger partial charge in [0.2, 0.25) is 0 Å². The molecule has 3 aromatic rings. The zero-order chi connectivity index (χ0) is 20.6. The van der Waals surface area contributed by atoms with Gasteiger partial charge in [0.05, 0.1) is 5.52 Å². The highest BCUT2D eigenvalue weighted by molar-refractivity contribution is 6.30. The van der Waals surface area contributed by atoms with Crippen LogP contribution < -0.4 is 15.6 Å². The van der Waals surface area contributed by atoms with E-state index in [0.717, 1.165) is 5.39 Å². The number of halogens is 1. The summed E-state index contributed by atoms with van der Waals surface area (Å²) in [7, 11) is 0. The number of rotatable bonds is 6. The van der Waals surface area contributed by atoms with Crippen molar-refractivity contribution in [2.75, 3.05) is 13.2 Å². The van der Waals surface area contributed by atoms with Crippen molar-refractivity contribution in [3.63, 3.8) is 0 Å². The van der Waals surface area contributed by atoms with E-state index in [2.05, 4.69) is 15.8 Å². The molecule has 1 aromatic heterocycles. The van der Waals surface area contributed by atoms with Crippen LogP contribution in [0.1, 0.15) is 10.5 Å². The van der Waals surface area contributed by atoms with E-state index in [-0.39, 0.29) is 12.3 Å². The number of nitrogens with zero attached hydrogens (tertiary/aromatic N) is 1. The van der Waals surface area contributed by atoms with Crippen molar-refractivity contribution < 1.29 is 23.9 Å². The first-order chi connectivity index (χ1) is 14.0. The molecule has 2 amide bonds. The van der Waals surface area contributed by atoms with Crippen LogP contribution in [-0.4, -0.2) is 36.0 Å². The van der Waals surface area contributed by atoms with Crippen molar-refractivity contribution in [2.24, 2.45) is 0 Å². The molecule has 3 rings (SSSR count). The Morgan fingerprint density at radius 1 is 0.862 bits per heavy atom. The van der Waals surface area contributed by atoms with Crippen LogP contribution >= 0.6 is 11.6 Å². The monoisotopic (exact) mass is 413 g/mol. The molecular formula is C20H16ClN3O5. The van der Waals surface area contributed by atoms with Crippen molar-refractivity contribution in [3.8, 4) is 5.75 Å². The van der Waals surface area contributed by atoms with Gasteiger partial charge in [-0.15, -0.1) is 0 Å². The van der Waals surface area contributed by atoms with Gasteiger partial charge in [-0.1, -0.05) is 35.9 Å². The average molecular weight is 414 g/mol. The van der Waals surface area contributed by atoms with Gasteiger partial charge in [0.1, 0.15) is 11.4 Å². The van der Waals surface area contributed by atoms with Crippen LogP contribution in [0.2, 0.25) is 5.02 Å². The molecule has 0 radical (unpaired) electrons. The Labute approximate surface area is 170 Å². The first-order valence-electron chi connectivity index (χ1n) is 8.50. The standard InChI is InChI=1S/C20H16ClN3O5/c21-14-6-8-15(9-7-14)28-11-18(25)23-24-19(26)12-29-20(27)17-10-5-13-3-1-2-4-16(13)22-17/h1-10H,11-12H2,(H,23,25)(H,24,26). The molecule has 0 atom stereocenters. The van der Waals surface area contributed by atoms with Crippen LogP contribution in [0.15, 0.2) is 60.7 Å². The van der Waals surface area contributed by atoms with Gasteiger partial charge in [0.25, 0.3) is 11.8 Å². The second-order valence-corrected chi connectivity index (χ2v) is 6.24. The molecule has 0 bridgehead atoms. The molecule has 0 unspecified atom stereocenters. The number of aromatic nitrogens is 1. The molecule has 0 spiro atoms. The van der Waals surface area contributed by atoms with Crippen molar-refractivity contribution in [1.82, 2.24) is 15.8 Å². The Bertz CT molecular complexity index is 1040. The number of ether oxygens (including phenoxy) is 2. The number of amides is 2. The van der Waals surface area contributed by atoms with Gasteiger partial charge in [-0.3, -0.25) is 20.4 Å². The lowest BCUT2D eigenvalue weighted by Crippen LogP contribution is -2.45. The fourth-order valence-electron chi connectivity index (χ4n) is 2.28. The molecule has 0 aliphatic heterocycles. The lowest BCUT2D eigenvalue weighted by molar-refractivity contribution is -0.131.